The molecule has 0 rings (SSSR count). The topological polar surface area (TPSA) is 109 Å². The van der Waals surface area contributed by atoms with Crippen LogP contribution in [-0.2, 0) is 52.2 Å². The average Bonchev–Trinajstić information content (AvgIpc) is 2.81. The predicted octanol–water partition coefficient (Wildman–Crippen LogP) is 0.452. The highest BCUT2D eigenvalue weighted by Crippen LogP contribution is 1.86. The third kappa shape index (κ3) is 26.7. The molecule has 0 amide bonds. The van der Waals surface area contributed by atoms with Gasteiger partial charge in [0.05, 0.1) is 112 Å². The van der Waals surface area contributed by atoms with Gasteiger partial charge in [-0.1, -0.05) is 6.58 Å². The summed E-state index contributed by atoms with van der Waals surface area (Å²) in [5.41, 5.74) is 0. The summed E-state index contributed by atoms with van der Waals surface area (Å²) in [6.07, 6.45) is 1.39. The maximum Gasteiger partial charge on any atom is 0.331 e. The second kappa shape index (κ2) is 27.7. The van der Waals surface area contributed by atoms with E-state index in [2.05, 4.69) is 11.3 Å². The Morgan fingerprint density at radius 2 is 0.812 bits per heavy atom. The van der Waals surface area contributed by atoms with Gasteiger partial charge in [-0.2, -0.15) is 0 Å². The summed E-state index contributed by atoms with van der Waals surface area (Å²) in [5.74, 6) is -0.405. The molecule has 0 heterocycles. The van der Waals surface area contributed by atoms with E-state index in [4.69, 9.17) is 42.6 Å². The van der Waals surface area contributed by atoms with Gasteiger partial charge in [-0.3, -0.25) is 0 Å². The van der Waals surface area contributed by atoms with E-state index < -0.39 is 5.97 Å². The average molecular weight is 469 g/mol. The molecule has 0 spiro atoms. The van der Waals surface area contributed by atoms with Crippen molar-refractivity contribution >= 4 is 5.97 Å². The van der Waals surface area contributed by atoms with Crippen LogP contribution in [-0.4, -0.2) is 125 Å². The minimum atomic E-state index is -0.405. The minimum Gasteiger partial charge on any atom is -0.499 e. The molecule has 0 unspecified atom stereocenters. The van der Waals surface area contributed by atoms with E-state index >= 15 is 0 Å². The number of hydrogen-bond donors (Lipinski definition) is 0. The second-order valence-corrected chi connectivity index (χ2v) is 5.95. The standard InChI is InChI=1S/C21H40O11/c1-3-24-4-5-25-6-7-26-8-9-27-10-11-28-12-13-29-14-15-30-16-17-31-18-19-32-20-21(22)23-2/h3H,1,4-20H2,2H3. The lowest BCUT2D eigenvalue weighted by atomic mass is 10.6. The van der Waals surface area contributed by atoms with Gasteiger partial charge in [0.2, 0.25) is 0 Å². The van der Waals surface area contributed by atoms with E-state index in [-0.39, 0.29) is 6.61 Å². The summed E-state index contributed by atoms with van der Waals surface area (Å²) < 4.78 is 51.9. The summed E-state index contributed by atoms with van der Waals surface area (Å²) in [6.45, 7) is 11.1. The van der Waals surface area contributed by atoms with Gasteiger partial charge in [0.15, 0.2) is 0 Å². The van der Waals surface area contributed by atoms with Gasteiger partial charge in [-0.05, 0) is 0 Å². The van der Waals surface area contributed by atoms with Crippen LogP contribution < -0.4 is 0 Å². The van der Waals surface area contributed by atoms with Gasteiger partial charge in [0.25, 0.3) is 0 Å². The van der Waals surface area contributed by atoms with Crippen molar-refractivity contribution in [3.63, 3.8) is 0 Å². The van der Waals surface area contributed by atoms with Gasteiger partial charge in [0.1, 0.15) is 13.2 Å². The van der Waals surface area contributed by atoms with Crippen LogP contribution in [0.1, 0.15) is 0 Å². The fraction of sp³-hybridized carbons (Fsp3) is 0.857. The molecule has 0 aromatic carbocycles. The maximum atomic E-state index is 10.8. The molecule has 0 bridgehead atoms. The van der Waals surface area contributed by atoms with Crippen LogP contribution in [0.5, 0.6) is 0 Å². The molecule has 190 valence electrons. The Morgan fingerprint density at radius 1 is 0.531 bits per heavy atom. The number of rotatable bonds is 27. The monoisotopic (exact) mass is 468 g/mol. The summed E-state index contributed by atoms with van der Waals surface area (Å²) in [4.78, 5) is 10.8. The van der Waals surface area contributed by atoms with Gasteiger partial charge in [-0.15, -0.1) is 0 Å². The lowest BCUT2D eigenvalue weighted by Crippen LogP contribution is -2.16. The van der Waals surface area contributed by atoms with Crippen molar-refractivity contribution in [1.82, 2.24) is 0 Å². The zero-order valence-corrected chi connectivity index (χ0v) is 19.3. The lowest BCUT2D eigenvalue weighted by molar-refractivity contribution is -0.146. The number of carbonyl (C=O) groups is 1. The van der Waals surface area contributed by atoms with Crippen molar-refractivity contribution in [2.24, 2.45) is 0 Å². The zero-order valence-electron chi connectivity index (χ0n) is 19.3. The van der Waals surface area contributed by atoms with Crippen LogP contribution in [0.25, 0.3) is 0 Å². The summed E-state index contributed by atoms with van der Waals surface area (Å²) in [5, 5.41) is 0. The fourth-order valence-corrected chi connectivity index (χ4v) is 1.94. The Hall–Kier alpha value is -1.31. The highest BCUT2D eigenvalue weighted by atomic mass is 16.6. The Kier molecular flexibility index (Phi) is 26.6. The largest absolute Gasteiger partial charge is 0.499 e. The first kappa shape index (κ1) is 30.7. The summed E-state index contributed by atoms with van der Waals surface area (Å²) in [6, 6.07) is 0. The number of hydrogen-bond acceptors (Lipinski definition) is 11. The SMILES string of the molecule is C=COCCOCCOCCOCCOCCOCCOCCOCCOCC(=O)OC. The number of methoxy groups -OCH3 is 1. The summed E-state index contributed by atoms with van der Waals surface area (Å²) in [7, 11) is 1.31. The van der Waals surface area contributed by atoms with E-state index in [0.717, 1.165) is 0 Å². The molecule has 0 fully saturated rings. The van der Waals surface area contributed by atoms with Crippen molar-refractivity contribution in [3.8, 4) is 0 Å². The Morgan fingerprint density at radius 3 is 1.09 bits per heavy atom. The van der Waals surface area contributed by atoms with Crippen molar-refractivity contribution in [3.05, 3.63) is 12.8 Å². The molecule has 11 nitrogen and oxygen atoms in total. The lowest BCUT2D eigenvalue weighted by Gasteiger charge is -2.08. The molecule has 0 saturated carbocycles. The van der Waals surface area contributed by atoms with Crippen LogP contribution in [0.2, 0.25) is 0 Å². The van der Waals surface area contributed by atoms with E-state index in [1.165, 1.54) is 13.4 Å². The highest BCUT2D eigenvalue weighted by molar-refractivity contribution is 5.70. The molecule has 0 aliphatic rings. The molecule has 0 atom stereocenters. The van der Waals surface area contributed by atoms with Crippen LogP contribution in [0.3, 0.4) is 0 Å². The fourth-order valence-electron chi connectivity index (χ4n) is 1.94. The molecule has 0 aliphatic heterocycles. The number of esters is 1. The van der Waals surface area contributed by atoms with Crippen molar-refractivity contribution in [2.45, 2.75) is 0 Å². The van der Waals surface area contributed by atoms with E-state index in [1.54, 1.807) is 0 Å². The van der Waals surface area contributed by atoms with Crippen LogP contribution in [0.4, 0.5) is 0 Å². The van der Waals surface area contributed by atoms with Crippen molar-refractivity contribution in [1.29, 1.82) is 0 Å². The highest BCUT2D eigenvalue weighted by Gasteiger charge is 1.99. The van der Waals surface area contributed by atoms with Crippen LogP contribution in [0, 0.1) is 0 Å². The normalized spacial score (nSPS) is 10.9. The zero-order chi connectivity index (χ0) is 23.4. The molecule has 0 radical (unpaired) electrons. The van der Waals surface area contributed by atoms with E-state index in [9.17, 15) is 4.79 Å². The van der Waals surface area contributed by atoms with Crippen molar-refractivity contribution in [2.75, 3.05) is 119 Å². The van der Waals surface area contributed by atoms with Gasteiger partial charge >= 0.3 is 5.97 Å². The molecular weight excluding hydrogens is 428 g/mol. The first-order valence-electron chi connectivity index (χ1n) is 10.7. The molecular formula is C21H40O11. The molecule has 0 aliphatic carbocycles. The molecule has 32 heavy (non-hydrogen) atoms. The number of ether oxygens (including phenoxy) is 10. The van der Waals surface area contributed by atoms with Gasteiger partial charge in [-0.25, -0.2) is 4.79 Å². The van der Waals surface area contributed by atoms with Crippen molar-refractivity contribution < 1.29 is 52.2 Å². The van der Waals surface area contributed by atoms with Crippen LogP contribution >= 0.6 is 0 Å². The van der Waals surface area contributed by atoms with Gasteiger partial charge < -0.3 is 47.4 Å². The van der Waals surface area contributed by atoms with E-state index in [0.29, 0.717) is 106 Å². The Bertz CT molecular complexity index is 396. The first-order valence-corrected chi connectivity index (χ1v) is 10.7. The predicted molar refractivity (Wildman–Crippen MR) is 115 cm³/mol. The Balaban J connectivity index is 3.02. The van der Waals surface area contributed by atoms with Crippen LogP contribution in [0.15, 0.2) is 12.8 Å². The molecule has 0 saturated heterocycles. The van der Waals surface area contributed by atoms with Gasteiger partial charge in [0, 0.05) is 0 Å². The number of carbonyl (C=O) groups excluding carboxylic acids is 1. The minimum absolute atomic E-state index is 0.0655. The smallest absolute Gasteiger partial charge is 0.331 e. The molecule has 11 heteroatoms. The third-order valence-electron chi connectivity index (χ3n) is 3.52. The van der Waals surface area contributed by atoms with E-state index in [1.807, 2.05) is 0 Å². The first-order chi connectivity index (χ1) is 15.8. The molecule has 0 N–H and O–H groups in total. The molecule has 0 aromatic rings. The molecule has 0 aromatic heterocycles. The summed E-state index contributed by atoms with van der Waals surface area (Å²) >= 11 is 0. The maximum absolute atomic E-state index is 10.8. The second-order valence-electron chi connectivity index (χ2n) is 5.95. The quantitative estimate of drug-likeness (QED) is 0.0952. The Labute approximate surface area is 191 Å². The third-order valence-corrected chi connectivity index (χ3v) is 3.52.